The largest absolute Gasteiger partial charge is 0.427 e. The van der Waals surface area contributed by atoms with Crippen molar-refractivity contribution in [2.75, 3.05) is 0 Å². The predicted molar refractivity (Wildman–Crippen MR) is 49.1 cm³/mol. The molecule has 1 heterocycles. The van der Waals surface area contributed by atoms with Crippen molar-refractivity contribution < 1.29 is 13.9 Å². The Morgan fingerprint density at radius 1 is 1.46 bits per heavy atom. The van der Waals surface area contributed by atoms with Crippen LogP contribution in [0, 0.1) is 17.3 Å². The first kappa shape index (κ1) is 9.44. The zero-order chi connectivity index (χ0) is 10.0. The summed E-state index contributed by atoms with van der Waals surface area (Å²) >= 11 is 3.27. The third-order valence-electron chi connectivity index (χ3n) is 3.27. The van der Waals surface area contributed by atoms with E-state index in [1.807, 2.05) is 13.8 Å². The molecule has 0 aromatic heterocycles. The van der Waals surface area contributed by atoms with Gasteiger partial charge in [-0.1, -0.05) is 29.8 Å². The lowest BCUT2D eigenvalue weighted by molar-refractivity contribution is -0.187. The van der Waals surface area contributed by atoms with Crippen molar-refractivity contribution in [3.8, 4) is 0 Å². The molecule has 4 heteroatoms. The van der Waals surface area contributed by atoms with Gasteiger partial charge in [-0.15, -0.1) is 0 Å². The van der Waals surface area contributed by atoms with E-state index in [1.54, 1.807) is 0 Å². The third kappa shape index (κ3) is 1.07. The van der Waals surface area contributed by atoms with Gasteiger partial charge in [0.2, 0.25) is 0 Å². The summed E-state index contributed by atoms with van der Waals surface area (Å²) in [6.45, 7) is 5.24. The number of carbonyl (C=O) groups is 1. The van der Waals surface area contributed by atoms with Gasteiger partial charge in [0.25, 0.3) is 5.85 Å². The standard InChI is InChI=1S/C9H12BrFO2/c1-8(2)4-5(8)7(12)13-9(3,11)6(4)10/h4-6H,1-3H3. The van der Waals surface area contributed by atoms with Crippen LogP contribution in [0.5, 0.6) is 0 Å². The van der Waals surface area contributed by atoms with Crippen LogP contribution in [0.1, 0.15) is 20.8 Å². The number of ether oxygens (including phenoxy) is 1. The van der Waals surface area contributed by atoms with E-state index in [4.69, 9.17) is 4.74 Å². The van der Waals surface area contributed by atoms with Crippen LogP contribution in [0.25, 0.3) is 0 Å². The summed E-state index contributed by atoms with van der Waals surface area (Å²) in [5, 5.41) is 0. The molecule has 0 N–H and O–H groups in total. The van der Waals surface area contributed by atoms with Crippen molar-refractivity contribution in [1.82, 2.24) is 0 Å². The molecule has 2 rings (SSSR count). The number of hydrogen-bond acceptors (Lipinski definition) is 2. The van der Waals surface area contributed by atoms with Crippen LogP contribution in [0.2, 0.25) is 0 Å². The Labute approximate surface area is 85.0 Å². The van der Waals surface area contributed by atoms with Crippen LogP contribution in [0.4, 0.5) is 4.39 Å². The lowest BCUT2D eigenvalue weighted by atomic mass is 10.0. The highest BCUT2D eigenvalue weighted by atomic mass is 79.9. The topological polar surface area (TPSA) is 26.3 Å². The molecule has 0 amide bonds. The molecule has 0 aromatic carbocycles. The molecule has 0 aromatic rings. The van der Waals surface area contributed by atoms with E-state index >= 15 is 0 Å². The molecule has 13 heavy (non-hydrogen) atoms. The number of cyclic esters (lactones) is 1. The van der Waals surface area contributed by atoms with Crippen LogP contribution in [-0.2, 0) is 9.53 Å². The Bertz CT molecular complexity index is 275. The highest BCUT2D eigenvalue weighted by Crippen LogP contribution is 2.66. The molecule has 4 atom stereocenters. The first-order valence-electron chi connectivity index (χ1n) is 4.34. The number of halogens is 2. The molecule has 1 saturated heterocycles. The number of fused-ring (bicyclic) bond motifs is 1. The summed E-state index contributed by atoms with van der Waals surface area (Å²) < 4.78 is 18.4. The zero-order valence-corrected chi connectivity index (χ0v) is 9.39. The highest BCUT2D eigenvalue weighted by Gasteiger charge is 2.72. The summed E-state index contributed by atoms with van der Waals surface area (Å²) in [7, 11) is 0. The minimum absolute atomic E-state index is 0.0729. The molecular weight excluding hydrogens is 239 g/mol. The minimum atomic E-state index is -1.86. The summed E-state index contributed by atoms with van der Waals surface area (Å²) in [6, 6.07) is 0. The molecule has 1 aliphatic carbocycles. The highest BCUT2D eigenvalue weighted by molar-refractivity contribution is 9.09. The van der Waals surface area contributed by atoms with Crippen LogP contribution in [-0.4, -0.2) is 16.7 Å². The number of alkyl halides is 2. The molecular formula is C9H12BrFO2. The van der Waals surface area contributed by atoms with Gasteiger partial charge >= 0.3 is 5.97 Å². The Morgan fingerprint density at radius 3 is 2.54 bits per heavy atom. The van der Waals surface area contributed by atoms with Crippen LogP contribution in [0.15, 0.2) is 0 Å². The Kier molecular flexibility index (Phi) is 1.65. The van der Waals surface area contributed by atoms with E-state index in [1.165, 1.54) is 6.92 Å². The maximum Gasteiger partial charge on any atom is 0.312 e. The fourth-order valence-electron chi connectivity index (χ4n) is 2.31. The van der Waals surface area contributed by atoms with E-state index in [9.17, 15) is 9.18 Å². The van der Waals surface area contributed by atoms with Gasteiger partial charge in [-0.25, -0.2) is 0 Å². The van der Waals surface area contributed by atoms with Gasteiger partial charge in [-0.2, -0.15) is 4.39 Å². The lowest BCUT2D eigenvalue weighted by Gasteiger charge is -2.29. The summed E-state index contributed by atoms with van der Waals surface area (Å²) in [4.78, 5) is 11.0. The maximum absolute atomic E-state index is 13.6. The van der Waals surface area contributed by atoms with Gasteiger partial charge in [-0.05, 0) is 11.3 Å². The predicted octanol–water partition coefficient (Wildman–Crippen LogP) is 2.26. The van der Waals surface area contributed by atoms with Crippen molar-refractivity contribution in [3.05, 3.63) is 0 Å². The van der Waals surface area contributed by atoms with Crippen LogP contribution in [0.3, 0.4) is 0 Å². The average molecular weight is 251 g/mol. The molecule has 1 aliphatic heterocycles. The SMILES string of the molecule is CC1(F)OC(=O)C2C(C1Br)C2(C)C. The zero-order valence-electron chi connectivity index (χ0n) is 7.80. The quantitative estimate of drug-likeness (QED) is 0.487. The third-order valence-corrected chi connectivity index (χ3v) is 4.66. The summed E-state index contributed by atoms with van der Waals surface area (Å²) in [5.74, 6) is -2.30. The molecule has 4 unspecified atom stereocenters. The molecule has 0 spiro atoms. The van der Waals surface area contributed by atoms with E-state index in [0.29, 0.717) is 0 Å². The number of esters is 1. The number of carbonyl (C=O) groups excluding carboxylic acids is 1. The molecule has 2 fully saturated rings. The molecule has 74 valence electrons. The van der Waals surface area contributed by atoms with E-state index in [2.05, 4.69) is 15.9 Å². The summed E-state index contributed by atoms with van der Waals surface area (Å²) in [5.41, 5.74) is -0.116. The van der Waals surface area contributed by atoms with Crippen molar-refractivity contribution >= 4 is 21.9 Å². The van der Waals surface area contributed by atoms with Gasteiger partial charge in [0.15, 0.2) is 0 Å². The normalized spacial score (nSPS) is 52.4. The fraction of sp³-hybridized carbons (Fsp3) is 0.889. The maximum atomic E-state index is 13.6. The smallest absolute Gasteiger partial charge is 0.312 e. The Morgan fingerprint density at radius 2 is 2.00 bits per heavy atom. The lowest BCUT2D eigenvalue weighted by Crippen LogP contribution is -2.42. The van der Waals surface area contributed by atoms with Crippen LogP contribution >= 0.6 is 15.9 Å². The molecule has 0 radical (unpaired) electrons. The fourth-order valence-corrected chi connectivity index (χ4v) is 3.39. The molecule has 2 aliphatic rings. The van der Waals surface area contributed by atoms with E-state index in [-0.39, 0.29) is 22.1 Å². The first-order chi connectivity index (χ1) is 5.78. The second-order valence-electron chi connectivity index (χ2n) is 4.63. The van der Waals surface area contributed by atoms with Crippen LogP contribution < -0.4 is 0 Å². The van der Waals surface area contributed by atoms with Gasteiger partial charge in [0, 0.05) is 6.92 Å². The molecule has 1 saturated carbocycles. The molecule has 0 bridgehead atoms. The van der Waals surface area contributed by atoms with E-state index < -0.39 is 11.8 Å². The van der Waals surface area contributed by atoms with Crippen molar-refractivity contribution in [1.29, 1.82) is 0 Å². The van der Waals surface area contributed by atoms with E-state index in [0.717, 1.165) is 0 Å². The van der Waals surface area contributed by atoms with Gasteiger partial charge in [0.05, 0.1) is 10.7 Å². The first-order valence-corrected chi connectivity index (χ1v) is 5.26. The molecule has 2 nitrogen and oxygen atoms in total. The minimum Gasteiger partial charge on any atom is -0.427 e. The van der Waals surface area contributed by atoms with Gasteiger partial charge < -0.3 is 4.74 Å². The second kappa shape index (κ2) is 2.27. The average Bonchev–Trinajstić information content (AvgIpc) is 2.49. The summed E-state index contributed by atoms with van der Waals surface area (Å²) in [6.07, 6.45) is 0. The van der Waals surface area contributed by atoms with Crippen molar-refractivity contribution in [2.45, 2.75) is 31.5 Å². The van der Waals surface area contributed by atoms with Gasteiger partial charge in [-0.3, -0.25) is 4.79 Å². The monoisotopic (exact) mass is 250 g/mol. The Balaban J connectivity index is 2.30. The van der Waals surface area contributed by atoms with Crippen molar-refractivity contribution in [2.24, 2.45) is 17.3 Å². The van der Waals surface area contributed by atoms with Gasteiger partial charge in [0.1, 0.15) is 0 Å². The van der Waals surface area contributed by atoms with Crippen molar-refractivity contribution in [3.63, 3.8) is 0 Å². The Hall–Kier alpha value is -0.120. The second-order valence-corrected chi connectivity index (χ2v) is 5.62. The number of hydrogen-bond donors (Lipinski definition) is 0. The number of rotatable bonds is 0.